The lowest BCUT2D eigenvalue weighted by molar-refractivity contribution is -0.147. The van der Waals surface area contributed by atoms with Crippen LogP contribution in [-0.4, -0.2) is 76.9 Å². The van der Waals surface area contributed by atoms with Gasteiger partial charge in [0.05, 0.1) is 18.7 Å². The number of rotatable bonds is 9. The first-order valence-electron chi connectivity index (χ1n) is 13.6. The Bertz CT molecular complexity index is 1290. The quantitative estimate of drug-likeness (QED) is 0.383. The largest absolute Gasteiger partial charge is 0.497 e. The second-order valence-corrected chi connectivity index (χ2v) is 11.1. The molecule has 4 rings (SSSR count). The lowest BCUT2D eigenvalue weighted by Crippen LogP contribution is -2.51. The molecule has 1 N–H and O–H groups in total. The van der Waals surface area contributed by atoms with Crippen molar-refractivity contribution in [3.8, 4) is 5.75 Å². The highest BCUT2D eigenvalue weighted by atomic mass is 16.6. The molecular weight excluding hydrogens is 510 g/mol. The van der Waals surface area contributed by atoms with Gasteiger partial charge in [-0.05, 0) is 69.0 Å². The predicted octanol–water partition coefficient (Wildman–Crippen LogP) is 4.72. The van der Waals surface area contributed by atoms with Gasteiger partial charge in [0.25, 0.3) is 0 Å². The lowest BCUT2D eigenvalue weighted by atomic mass is 10.00. The molecule has 1 fully saturated rings. The van der Waals surface area contributed by atoms with Crippen molar-refractivity contribution in [2.24, 2.45) is 0 Å². The van der Waals surface area contributed by atoms with Crippen LogP contribution in [0.15, 0.2) is 60.8 Å². The highest BCUT2D eigenvalue weighted by Crippen LogP contribution is 2.28. The summed E-state index contributed by atoms with van der Waals surface area (Å²) < 4.78 is 16.5. The normalized spacial score (nSPS) is 15.4. The van der Waals surface area contributed by atoms with Gasteiger partial charge in [0.15, 0.2) is 0 Å². The molecule has 1 aliphatic heterocycles. The molecule has 1 saturated heterocycles. The third kappa shape index (κ3) is 7.92. The molecule has 2 heterocycles. The van der Waals surface area contributed by atoms with E-state index in [0.717, 1.165) is 22.0 Å². The number of carbonyl (C=O) groups is 2. The summed E-state index contributed by atoms with van der Waals surface area (Å²) in [6, 6.07) is 16.7. The lowest BCUT2D eigenvalue weighted by Gasteiger charge is -2.39. The number of fused-ring (bicyclic) bond motifs is 1. The highest BCUT2D eigenvalue weighted by Gasteiger charge is 2.33. The van der Waals surface area contributed by atoms with E-state index in [1.807, 2.05) is 54.6 Å². The standard InChI is InChI=1S/C31H39N3O6/c1-31(2,3)40-30(37)34(20-29(36)39-21-22-8-6-5-7-9-22)23-13-16-33(17-14-23)19-28(35)25-12-15-32-27-11-10-24(38-4)18-26(25)27/h5-12,15,18,23,28,35H,13-14,16-17,19-21H2,1-4H3. The molecule has 1 amide bonds. The second-order valence-electron chi connectivity index (χ2n) is 11.1. The van der Waals surface area contributed by atoms with E-state index in [1.165, 1.54) is 4.90 Å². The Morgan fingerprint density at radius 1 is 1.10 bits per heavy atom. The minimum atomic E-state index is -0.718. The van der Waals surface area contributed by atoms with E-state index >= 15 is 0 Å². The van der Waals surface area contributed by atoms with Gasteiger partial charge >= 0.3 is 12.1 Å². The monoisotopic (exact) mass is 549 g/mol. The molecule has 0 aliphatic carbocycles. The zero-order chi connectivity index (χ0) is 28.7. The number of benzene rings is 2. The fraction of sp³-hybridized carbons (Fsp3) is 0.452. The number of hydrogen-bond donors (Lipinski definition) is 1. The van der Waals surface area contributed by atoms with Crippen LogP contribution in [0, 0.1) is 0 Å². The van der Waals surface area contributed by atoms with Crippen LogP contribution < -0.4 is 4.74 Å². The van der Waals surface area contributed by atoms with E-state index in [2.05, 4.69) is 9.88 Å². The summed E-state index contributed by atoms with van der Waals surface area (Å²) in [5.74, 6) is 0.229. The first-order valence-corrected chi connectivity index (χ1v) is 13.6. The molecule has 1 aliphatic rings. The van der Waals surface area contributed by atoms with Gasteiger partial charge in [-0.15, -0.1) is 0 Å². The van der Waals surface area contributed by atoms with Crippen molar-refractivity contribution in [2.75, 3.05) is 33.3 Å². The van der Waals surface area contributed by atoms with E-state index in [9.17, 15) is 14.7 Å². The average Bonchev–Trinajstić information content (AvgIpc) is 2.94. The molecule has 0 saturated carbocycles. The number of pyridine rings is 1. The molecule has 9 heteroatoms. The van der Waals surface area contributed by atoms with Gasteiger partial charge in [0.2, 0.25) is 0 Å². The molecule has 0 bridgehead atoms. The number of aliphatic hydroxyl groups excluding tert-OH is 1. The van der Waals surface area contributed by atoms with Crippen LogP contribution in [0.25, 0.3) is 10.9 Å². The summed E-state index contributed by atoms with van der Waals surface area (Å²) in [5.41, 5.74) is 1.78. The van der Waals surface area contributed by atoms with Crippen LogP contribution in [0.3, 0.4) is 0 Å². The smallest absolute Gasteiger partial charge is 0.411 e. The third-order valence-corrected chi connectivity index (χ3v) is 6.94. The van der Waals surface area contributed by atoms with Gasteiger partial charge < -0.3 is 24.2 Å². The predicted molar refractivity (Wildman–Crippen MR) is 152 cm³/mol. The summed E-state index contributed by atoms with van der Waals surface area (Å²) >= 11 is 0. The molecule has 40 heavy (non-hydrogen) atoms. The number of amides is 1. The van der Waals surface area contributed by atoms with Crippen molar-refractivity contribution in [1.82, 2.24) is 14.8 Å². The highest BCUT2D eigenvalue weighted by molar-refractivity contribution is 5.84. The Morgan fingerprint density at radius 2 is 1.82 bits per heavy atom. The number of nitrogens with zero attached hydrogens (tertiary/aromatic N) is 3. The van der Waals surface area contributed by atoms with Crippen molar-refractivity contribution in [1.29, 1.82) is 0 Å². The van der Waals surface area contributed by atoms with Crippen molar-refractivity contribution < 1.29 is 28.9 Å². The number of β-amino-alcohol motifs (C(OH)–C–C–N with tert-alkyl or cyclic N) is 1. The number of piperidine rings is 1. The first kappa shape index (κ1) is 29.3. The molecule has 1 aromatic heterocycles. The number of likely N-dealkylation sites (tertiary alicyclic amines) is 1. The number of carbonyl (C=O) groups excluding carboxylic acids is 2. The molecular formula is C31H39N3O6. The molecule has 0 radical (unpaired) electrons. The summed E-state index contributed by atoms with van der Waals surface area (Å²) in [5, 5.41) is 12.0. The Balaban J connectivity index is 1.38. The van der Waals surface area contributed by atoms with Gasteiger partial charge in [-0.25, -0.2) is 4.79 Å². The molecule has 2 aromatic carbocycles. The Kier molecular flexibility index (Phi) is 9.60. The van der Waals surface area contributed by atoms with E-state index in [0.29, 0.717) is 38.2 Å². The van der Waals surface area contributed by atoms with Gasteiger partial charge in [0.1, 0.15) is 24.5 Å². The fourth-order valence-corrected chi connectivity index (χ4v) is 4.91. The zero-order valence-electron chi connectivity index (χ0n) is 23.7. The van der Waals surface area contributed by atoms with Gasteiger partial charge in [-0.2, -0.15) is 0 Å². The number of esters is 1. The van der Waals surface area contributed by atoms with Crippen LogP contribution in [0.2, 0.25) is 0 Å². The van der Waals surface area contributed by atoms with E-state index in [-0.39, 0.29) is 19.2 Å². The van der Waals surface area contributed by atoms with Crippen LogP contribution in [0.5, 0.6) is 5.75 Å². The number of hydrogen-bond acceptors (Lipinski definition) is 8. The summed E-state index contributed by atoms with van der Waals surface area (Å²) in [6.45, 7) is 7.14. The molecule has 1 atom stereocenters. The zero-order valence-corrected chi connectivity index (χ0v) is 23.7. The number of methoxy groups -OCH3 is 1. The molecule has 9 nitrogen and oxygen atoms in total. The second kappa shape index (κ2) is 13.1. The average molecular weight is 550 g/mol. The maximum absolute atomic E-state index is 13.1. The summed E-state index contributed by atoms with van der Waals surface area (Å²) in [4.78, 5) is 33.9. The minimum Gasteiger partial charge on any atom is -0.497 e. The topological polar surface area (TPSA) is 101 Å². The Labute approximate surface area is 235 Å². The maximum Gasteiger partial charge on any atom is 0.411 e. The minimum absolute atomic E-state index is 0.147. The number of ether oxygens (including phenoxy) is 3. The first-order chi connectivity index (χ1) is 19.1. The van der Waals surface area contributed by atoms with Crippen molar-refractivity contribution in [3.63, 3.8) is 0 Å². The van der Waals surface area contributed by atoms with Gasteiger partial charge in [-0.1, -0.05) is 30.3 Å². The SMILES string of the molecule is COc1ccc2nccc(C(O)CN3CCC(N(CC(=O)OCc4ccccc4)C(=O)OC(C)(C)C)CC3)c2c1. The van der Waals surface area contributed by atoms with Crippen molar-refractivity contribution in [3.05, 3.63) is 71.9 Å². The van der Waals surface area contributed by atoms with Crippen LogP contribution in [0.1, 0.15) is 50.8 Å². The number of aliphatic hydroxyl groups is 1. The molecule has 214 valence electrons. The van der Waals surface area contributed by atoms with Crippen molar-refractivity contribution in [2.45, 2.75) is 58.0 Å². The molecule has 3 aromatic rings. The van der Waals surface area contributed by atoms with Crippen LogP contribution in [0.4, 0.5) is 4.79 Å². The van der Waals surface area contributed by atoms with Crippen LogP contribution in [-0.2, 0) is 20.9 Å². The fourth-order valence-electron chi connectivity index (χ4n) is 4.91. The summed E-state index contributed by atoms with van der Waals surface area (Å²) in [6.07, 6.45) is 1.74. The Hall–Kier alpha value is -3.69. The van der Waals surface area contributed by atoms with E-state index in [4.69, 9.17) is 14.2 Å². The van der Waals surface area contributed by atoms with Gasteiger partial charge in [0, 0.05) is 37.3 Å². The third-order valence-electron chi connectivity index (χ3n) is 6.94. The summed E-state index contributed by atoms with van der Waals surface area (Å²) in [7, 11) is 1.61. The molecule has 1 unspecified atom stereocenters. The number of aromatic nitrogens is 1. The van der Waals surface area contributed by atoms with E-state index < -0.39 is 23.8 Å². The van der Waals surface area contributed by atoms with Gasteiger partial charge in [-0.3, -0.25) is 14.7 Å². The van der Waals surface area contributed by atoms with E-state index in [1.54, 1.807) is 34.1 Å². The maximum atomic E-state index is 13.1. The molecule has 0 spiro atoms. The van der Waals surface area contributed by atoms with Crippen LogP contribution >= 0.6 is 0 Å². The van der Waals surface area contributed by atoms with Crippen molar-refractivity contribution >= 4 is 23.0 Å². The Morgan fingerprint density at radius 3 is 2.50 bits per heavy atom.